The van der Waals surface area contributed by atoms with E-state index < -0.39 is 11.9 Å². The van der Waals surface area contributed by atoms with Gasteiger partial charge in [0.25, 0.3) is 0 Å². The predicted molar refractivity (Wildman–Crippen MR) is 132 cm³/mol. The second-order valence-electron chi connectivity index (χ2n) is 9.14. The molecule has 1 saturated heterocycles. The number of rotatable bonds is 8. The SMILES string of the molecule is CC(=O)N[C@H](Cc1ccccc1)C(=O)N1CCC[C@H]1CCc1cc2ccc(C(N)=O)cc2n1C. The van der Waals surface area contributed by atoms with Crippen LogP contribution in [-0.2, 0) is 29.5 Å². The Bertz CT molecular complexity index is 1200. The fourth-order valence-corrected chi connectivity index (χ4v) is 5.02. The van der Waals surface area contributed by atoms with Gasteiger partial charge < -0.3 is 20.5 Å². The molecular formula is C27H32N4O3. The lowest BCUT2D eigenvalue weighted by molar-refractivity contribution is -0.136. The summed E-state index contributed by atoms with van der Waals surface area (Å²) in [6.45, 7) is 2.17. The van der Waals surface area contributed by atoms with Crippen LogP contribution in [-0.4, -0.2) is 45.8 Å². The van der Waals surface area contributed by atoms with Crippen LogP contribution in [0.4, 0.5) is 0 Å². The molecule has 0 spiro atoms. The third-order valence-corrected chi connectivity index (χ3v) is 6.78. The Morgan fingerprint density at radius 2 is 1.88 bits per heavy atom. The monoisotopic (exact) mass is 460 g/mol. The Morgan fingerprint density at radius 3 is 2.59 bits per heavy atom. The first-order valence-electron chi connectivity index (χ1n) is 11.8. The fraction of sp³-hybridized carbons (Fsp3) is 0.370. The number of likely N-dealkylation sites (tertiary alicyclic amines) is 1. The van der Waals surface area contributed by atoms with Crippen molar-refractivity contribution < 1.29 is 14.4 Å². The maximum Gasteiger partial charge on any atom is 0.248 e. The zero-order chi connectivity index (χ0) is 24.2. The Kier molecular flexibility index (Phi) is 7.01. The molecule has 7 nitrogen and oxygen atoms in total. The van der Waals surface area contributed by atoms with Crippen LogP contribution in [0.15, 0.2) is 54.6 Å². The van der Waals surface area contributed by atoms with Gasteiger partial charge in [0.05, 0.1) is 0 Å². The number of nitrogens with two attached hydrogens (primary N) is 1. The van der Waals surface area contributed by atoms with E-state index in [4.69, 9.17) is 5.73 Å². The number of fused-ring (bicyclic) bond motifs is 1. The van der Waals surface area contributed by atoms with Gasteiger partial charge in [-0.25, -0.2) is 0 Å². The Balaban J connectivity index is 1.47. The van der Waals surface area contributed by atoms with Crippen LogP contribution in [0.3, 0.4) is 0 Å². The summed E-state index contributed by atoms with van der Waals surface area (Å²) in [4.78, 5) is 38.8. The molecule has 3 aromatic rings. The standard InChI is InChI=1S/C27H32N4O3/c1-18(32)29-24(15-19-7-4-3-5-8-19)27(34)31-14-6-9-22(31)12-13-23-16-20-10-11-21(26(28)33)17-25(20)30(23)2/h3-5,7-8,10-11,16-17,22,24H,6,9,12-15H2,1-2H3,(H2,28,33)(H,29,32)/t22-,24+/m0/s1. The summed E-state index contributed by atoms with van der Waals surface area (Å²) in [5.41, 5.74) is 9.08. The topological polar surface area (TPSA) is 97.4 Å². The van der Waals surface area contributed by atoms with Gasteiger partial charge in [0.15, 0.2) is 0 Å². The summed E-state index contributed by atoms with van der Waals surface area (Å²) in [6.07, 6.45) is 4.06. The molecule has 0 radical (unpaired) electrons. The van der Waals surface area contributed by atoms with Crippen molar-refractivity contribution in [3.63, 3.8) is 0 Å². The lowest BCUT2D eigenvalue weighted by Crippen LogP contribution is -2.50. The van der Waals surface area contributed by atoms with Crippen LogP contribution in [0.5, 0.6) is 0 Å². The summed E-state index contributed by atoms with van der Waals surface area (Å²) in [5.74, 6) is -0.644. The van der Waals surface area contributed by atoms with Gasteiger partial charge in [-0.05, 0) is 54.8 Å². The average molecular weight is 461 g/mol. The Morgan fingerprint density at radius 1 is 1.12 bits per heavy atom. The summed E-state index contributed by atoms with van der Waals surface area (Å²) in [5, 5.41) is 3.93. The number of amides is 3. The minimum atomic E-state index is -0.564. The van der Waals surface area contributed by atoms with E-state index in [1.54, 1.807) is 6.07 Å². The first-order chi connectivity index (χ1) is 16.3. The molecule has 2 aromatic carbocycles. The maximum absolute atomic E-state index is 13.5. The molecule has 0 bridgehead atoms. The van der Waals surface area contributed by atoms with Crippen LogP contribution in [0.2, 0.25) is 0 Å². The number of carbonyl (C=O) groups excluding carboxylic acids is 3. The van der Waals surface area contributed by atoms with Gasteiger partial charge in [-0.1, -0.05) is 36.4 Å². The van der Waals surface area contributed by atoms with Gasteiger partial charge in [-0.3, -0.25) is 14.4 Å². The Hall–Kier alpha value is -3.61. The van der Waals surface area contributed by atoms with Crippen molar-refractivity contribution in [3.05, 3.63) is 71.4 Å². The van der Waals surface area contributed by atoms with Crippen molar-refractivity contribution in [1.29, 1.82) is 0 Å². The first-order valence-corrected chi connectivity index (χ1v) is 11.8. The van der Waals surface area contributed by atoms with Crippen molar-refractivity contribution in [3.8, 4) is 0 Å². The second kappa shape index (κ2) is 10.1. The number of primary amides is 1. The fourth-order valence-electron chi connectivity index (χ4n) is 5.02. The average Bonchev–Trinajstić information content (AvgIpc) is 3.41. The van der Waals surface area contributed by atoms with Crippen LogP contribution in [0.1, 0.15) is 47.8 Å². The molecule has 34 heavy (non-hydrogen) atoms. The van der Waals surface area contributed by atoms with Crippen LogP contribution < -0.4 is 11.1 Å². The molecule has 0 unspecified atom stereocenters. The summed E-state index contributed by atoms with van der Waals surface area (Å²) < 4.78 is 2.10. The van der Waals surface area contributed by atoms with E-state index in [1.807, 2.05) is 54.4 Å². The largest absolute Gasteiger partial charge is 0.366 e. The zero-order valence-corrected chi connectivity index (χ0v) is 19.8. The van der Waals surface area contributed by atoms with Crippen LogP contribution in [0.25, 0.3) is 10.9 Å². The number of benzene rings is 2. The van der Waals surface area contributed by atoms with Gasteiger partial charge in [-0.15, -0.1) is 0 Å². The summed E-state index contributed by atoms with van der Waals surface area (Å²) in [7, 11) is 1.99. The highest BCUT2D eigenvalue weighted by Crippen LogP contribution is 2.26. The van der Waals surface area contributed by atoms with Gasteiger partial charge in [0.2, 0.25) is 17.7 Å². The lowest BCUT2D eigenvalue weighted by Gasteiger charge is -2.29. The lowest BCUT2D eigenvalue weighted by atomic mass is 10.0. The molecule has 3 amide bonds. The maximum atomic E-state index is 13.5. The zero-order valence-electron chi connectivity index (χ0n) is 19.8. The van der Waals surface area contributed by atoms with E-state index in [-0.39, 0.29) is 17.9 Å². The quantitative estimate of drug-likeness (QED) is 0.541. The number of nitrogens with one attached hydrogen (secondary N) is 1. The highest BCUT2D eigenvalue weighted by Gasteiger charge is 2.33. The molecule has 1 fully saturated rings. The molecule has 178 valence electrons. The minimum Gasteiger partial charge on any atom is -0.366 e. The van der Waals surface area contributed by atoms with E-state index in [9.17, 15) is 14.4 Å². The van der Waals surface area contributed by atoms with Crippen molar-refractivity contribution in [2.45, 2.75) is 51.1 Å². The van der Waals surface area contributed by atoms with E-state index >= 15 is 0 Å². The van der Waals surface area contributed by atoms with E-state index in [0.717, 1.165) is 47.8 Å². The van der Waals surface area contributed by atoms with Crippen molar-refractivity contribution in [1.82, 2.24) is 14.8 Å². The second-order valence-corrected chi connectivity index (χ2v) is 9.14. The van der Waals surface area contributed by atoms with Crippen LogP contribution in [0, 0.1) is 0 Å². The molecule has 2 atom stereocenters. The normalized spacial score (nSPS) is 16.5. The third kappa shape index (κ3) is 5.14. The van der Waals surface area contributed by atoms with E-state index in [0.29, 0.717) is 18.5 Å². The van der Waals surface area contributed by atoms with E-state index in [2.05, 4.69) is 16.0 Å². The molecular weight excluding hydrogens is 428 g/mol. The summed E-state index contributed by atoms with van der Waals surface area (Å²) >= 11 is 0. The molecule has 1 aliphatic rings. The van der Waals surface area contributed by atoms with Crippen molar-refractivity contribution in [2.24, 2.45) is 12.8 Å². The van der Waals surface area contributed by atoms with Crippen molar-refractivity contribution >= 4 is 28.6 Å². The summed E-state index contributed by atoms with van der Waals surface area (Å²) in [6, 6.07) is 17.0. The Labute approximate surface area is 199 Å². The van der Waals surface area contributed by atoms with Gasteiger partial charge in [0.1, 0.15) is 6.04 Å². The van der Waals surface area contributed by atoms with Gasteiger partial charge >= 0.3 is 0 Å². The third-order valence-electron chi connectivity index (χ3n) is 6.78. The number of hydrogen-bond donors (Lipinski definition) is 2. The van der Waals surface area contributed by atoms with E-state index in [1.165, 1.54) is 6.92 Å². The van der Waals surface area contributed by atoms with Crippen LogP contribution >= 0.6 is 0 Å². The minimum absolute atomic E-state index is 0.00954. The number of aromatic nitrogens is 1. The molecule has 4 rings (SSSR count). The predicted octanol–water partition coefficient (Wildman–Crippen LogP) is 2.95. The van der Waals surface area contributed by atoms with Gasteiger partial charge in [-0.2, -0.15) is 0 Å². The molecule has 1 aromatic heterocycles. The molecule has 3 N–H and O–H groups in total. The highest BCUT2D eigenvalue weighted by atomic mass is 16.2. The van der Waals surface area contributed by atoms with Gasteiger partial charge in [0, 0.05) is 49.8 Å². The molecule has 2 heterocycles. The molecule has 0 aliphatic carbocycles. The molecule has 0 saturated carbocycles. The molecule has 1 aliphatic heterocycles. The molecule has 7 heteroatoms. The highest BCUT2D eigenvalue weighted by molar-refractivity contribution is 5.97. The smallest absolute Gasteiger partial charge is 0.248 e. The number of carbonyl (C=O) groups is 3. The number of nitrogens with zero attached hydrogens (tertiary/aromatic N) is 2. The van der Waals surface area contributed by atoms with Crippen molar-refractivity contribution in [2.75, 3.05) is 6.54 Å². The number of aryl methyl sites for hydroxylation is 2. The number of hydrogen-bond acceptors (Lipinski definition) is 3. The first kappa shape index (κ1) is 23.5.